The van der Waals surface area contributed by atoms with Crippen molar-refractivity contribution >= 4 is 34.3 Å². The molecule has 0 saturated carbocycles. The lowest BCUT2D eigenvalue weighted by Gasteiger charge is -2.15. The molecular formula is C12H15ClN2S2. The zero-order chi connectivity index (χ0) is 12.1. The van der Waals surface area contributed by atoms with E-state index in [2.05, 4.69) is 28.9 Å². The normalized spacial score (nSPS) is 12.8. The topological polar surface area (TPSA) is 38.0 Å². The first-order chi connectivity index (χ1) is 8.31. The molecular weight excluding hydrogens is 272 g/mol. The number of nitrogens with two attached hydrogens (primary N) is 1. The van der Waals surface area contributed by atoms with Gasteiger partial charge < -0.3 is 11.1 Å². The highest BCUT2D eigenvalue weighted by Crippen LogP contribution is 2.32. The smallest absolute Gasteiger partial charge is 0.0931 e. The maximum Gasteiger partial charge on any atom is 0.0931 e. The van der Waals surface area contributed by atoms with Crippen molar-refractivity contribution in [2.45, 2.75) is 12.5 Å². The van der Waals surface area contributed by atoms with Crippen LogP contribution in [0.1, 0.15) is 22.2 Å². The fraction of sp³-hybridized carbons (Fsp3) is 0.333. The molecule has 1 unspecified atom stereocenters. The van der Waals surface area contributed by atoms with E-state index in [-0.39, 0.29) is 6.04 Å². The summed E-state index contributed by atoms with van der Waals surface area (Å²) in [6, 6.07) is 8.52. The van der Waals surface area contributed by atoms with E-state index < -0.39 is 0 Å². The minimum Gasteiger partial charge on any atom is -0.330 e. The minimum atomic E-state index is 0.249. The first-order valence-corrected chi connectivity index (χ1v) is 7.61. The van der Waals surface area contributed by atoms with E-state index in [0.29, 0.717) is 0 Å². The van der Waals surface area contributed by atoms with Gasteiger partial charge in [-0.05, 0) is 43.1 Å². The molecule has 2 nitrogen and oxygen atoms in total. The summed E-state index contributed by atoms with van der Waals surface area (Å²) in [7, 11) is 0. The summed E-state index contributed by atoms with van der Waals surface area (Å²) in [6.45, 7) is 1.64. The molecule has 1 atom stereocenters. The summed E-state index contributed by atoms with van der Waals surface area (Å²) in [5, 5.41) is 5.63. The van der Waals surface area contributed by atoms with E-state index >= 15 is 0 Å². The van der Waals surface area contributed by atoms with Crippen molar-refractivity contribution in [1.82, 2.24) is 5.32 Å². The lowest BCUT2D eigenvalue weighted by atomic mass is 10.2. The molecule has 92 valence electrons. The largest absolute Gasteiger partial charge is 0.330 e. The first-order valence-electron chi connectivity index (χ1n) is 5.53. The van der Waals surface area contributed by atoms with E-state index in [0.717, 1.165) is 23.8 Å². The van der Waals surface area contributed by atoms with Gasteiger partial charge >= 0.3 is 0 Å². The third-order valence-corrected chi connectivity index (χ3v) is 4.67. The Morgan fingerprint density at radius 1 is 1.29 bits per heavy atom. The molecule has 0 aromatic carbocycles. The van der Waals surface area contributed by atoms with Crippen molar-refractivity contribution in [2.75, 3.05) is 13.1 Å². The SMILES string of the molecule is NCCCNC(c1cccs1)c1ccc(Cl)s1. The molecule has 0 fully saturated rings. The molecule has 2 aromatic rings. The van der Waals surface area contributed by atoms with Crippen LogP contribution in [0.2, 0.25) is 4.34 Å². The Bertz CT molecular complexity index is 439. The Balaban J connectivity index is 2.13. The third-order valence-electron chi connectivity index (χ3n) is 2.44. The predicted octanol–water partition coefficient (Wildman–Crippen LogP) is 3.49. The predicted molar refractivity (Wildman–Crippen MR) is 77.2 cm³/mol. The van der Waals surface area contributed by atoms with Gasteiger partial charge in [0.25, 0.3) is 0 Å². The third kappa shape index (κ3) is 3.53. The summed E-state index contributed by atoms with van der Waals surface area (Å²) in [4.78, 5) is 2.58. The van der Waals surface area contributed by atoms with E-state index in [1.54, 1.807) is 22.7 Å². The van der Waals surface area contributed by atoms with Crippen LogP contribution in [-0.2, 0) is 0 Å². The summed E-state index contributed by atoms with van der Waals surface area (Å²) in [5.41, 5.74) is 5.52. The molecule has 0 radical (unpaired) electrons. The van der Waals surface area contributed by atoms with Crippen LogP contribution in [0.25, 0.3) is 0 Å². The number of nitrogens with one attached hydrogen (secondary N) is 1. The maximum absolute atomic E-state index is 6.00. The van der Waals surface area contributed by atoms with Gasteiger partial charge in [0.1, 0.15) is 0 Å². The summed E-state index contributed by atoms with van der Waals surface area (Å²) >= 11 is 9.39. The first kappa shape index (κ1) is 13.1. The Labute approximate surface area is 114 Å². The van der Waals surface area contributed by atoms with Crippen LogP contribution < -0.4 is 11.1 Å². The highest BCUT2D eigenvalue weighted by Gasteiger charge is 2.16. The lowest BCUT2D eigenvalue weighted by molar-refractivity contribution is 0.600. The van der Waals surface area contributed by atoms with Crippen molar-refractivity contribution in [3.05, 3.63) is 43.7 Å². The van der Waals surface area contributed by atoms with E-state index in [4.69, 9.17) is 17.3 Å². The molecule has 0 amide bonds. The van der Waals surface area contributed by atoms with Crippen LogP contribution in [0.4, 0.5) is 0 Å². The van der Waals surface area contributed by atoms with Crippen molar-refractivity contribution < 1.29 is 0 Å². The molecule has 17 heavy (non-hydrogen) atoms. The van der Waals surface area contributed by atoms with E-state index in [9.17, 15) is 0 Å². The number of halogens is 1. The van der Waals surface area contributed by atoms with Crippen LogP contribution in [0.3, 0.4) is 0 Å². The van der Waals surface area contributed by atoms with Crippen molar-refractivity contribution in [3.8, 4) is 0 Å². The van der Waals surface area contributed by atoms with E-state index in [1.165, 1.54) is 9.75 Å². The Hall–Kier alpha value is -0.390. The van der Waals surface area contributed by atoms with Crippen LogP contribution in [0.5, 0.6) is 0 Å². The summed E-state index contributed by atoms with van der Waals surface area (Å²) in [6.07, 6.45) is 0.987. The fourth-order valence-corrected chi connectivity index (χ4v) is 3.68. The number of hydrogen-bond acceptors (Lipinski definition) is 4. The summed E-state index contributed by atoms with van der Waals surface area (Å²) in [5.74, 6) is 0. The van der Waals surface area contributed by atoms with Gasteiger partial charge in [-0.3, -0.25) is 0 Å². The number of hydrogen-bond donors (Lipinski definition) is 2. The van der Waals surface area contributed by atoms with E-state index in [1.807, 2.05) is 6.07 Å². The molecule has 0 saturated heterocycles. The highest BCUT2D eigenvalue weighted by atomic mass is 35.5. The van der Waals surface area contributed by atoms with Gasteiger partial charge in [0.2, 0.25) is 0 Å². The number of rotatable bonds is 6. The molecule has 5 heteroatoms. The van der Waals surface area contributed by atoms with Crippen LogP contribution in [0, 0.1) is 0 Å². The molecule has 0 bridgehead atoms. The van der Waals surface area contributed by atoms with Gasteiger partial charge in [0.05, 0.1) is 10.4 Å². The van der Waals surface area contributed by atoms with Gasteiger partial charge in [0, 0.05) is 9.75 Å². The molecule has 0 spiro atoms. The Morgan fingerprint density at radius 2 is 2.18 bits per heavy atom. The number of thiophene rings is 2. The average molecular weight is 287 g/mol. The van der Waals surface area contributed by atoms with Gasteiger partial charge in [-0.25, -0.2) is 0 Å². The second kappa shape index (κ2) is 6.52. The quantitative estimate of drug-likeness (QED) is 0.798. The Morgan fingerprint density at radius 3 is 2.76 bits per heavy atom. The Kier molecular flexibility index (Phi) is 5.00. The van der Waals surface area contributed by atoms with Crippen LogP contribution >= 0.6 is 34.3 Å². The van der Waals surface area contributed by atoms with Crippen molar-refractivity contribution in [3.63, 3.8) is 0 Å². The average Bonchev–Trinajstić information content (AvgIpc) is 2.96. The molecule has 0 aliphatic heterocycles. The lowest BCUT2D eigenvalue weighted by Crippen LogP contribution is -2.23. The van der Waals surface area contributed by atoms with Gasteiger partial charge in [-0.1, -0.05) is 17.7 Å². The van der Waals surface area contributed by atoms with Crippen molar-refractivity contribution in [1.29, 1.82) is 0 Å². The van der Waals surface area contributed by atoms with Gasteiger partial charge in [-0.15, -0.1) is 22.7 Å². The zero-order valence-electron chi connectivity index (χ0n) is 9.36. The monoisotopic (exact) mass is 286 g/mol. The molecule has 2 aromatic heterocycles. The van der Waals surface area contributed by atoms with Crippen LogP contribution in [-0.4, -0.2) is 13.1 Å². The zero-order valence-corrected chi connectivity index (χ0v) is 11.7. The standard InChI is InChI=1S/C12H15ClN2S2/c13-11-5-4-10(17-11)12(15-7-2-6-14)9-3-1-8-16-9/h1,3-5,8,12,15H,2,6-7,14H2. The molecule has 0 aliphatic carbocycles. The van der Waals surface area contributed by atoms with Gasteiger partial charge in [0.15, 0.2) is 0 Å². The molecule has 2 rings (SSSR count). The fourth-order valence-electron chi connectivity index (χ4n) is 1.63. The minimum absolute atomic E-state index is 0.249. The second-order valence-electron chi connectivity index (χ2n) is 3.69. The molecule has 2 heterocycles. The molecule has 3 N–H and O–H groups in total. The van der Waals surface area contributed by atoms with Crippen LogP contribution in [0.15, 0.2) is 29.6 Å². The second-order valence-corrected chi connectivity index (χ2v) is 6.41. The highest BCUT2D eigenvalue weighted by molar-refractivity contribution is 7.16. The van der Waals surface area contributed by atoms with Gasteiger partial charge in [-0.2, -0.15) is 0 Å². The maximum atomic E-state index is 6.00. The van der Waals surface area contributed by atoms with Crippen molar-refractivity contribution in [2.24, 2.45) is 5.73 Å². The summed E-state index contributed by atoms with van der Waals surface area (Å²) < 4.78 is 0.835. The molecule has 0 aliphatic rings.